The van der Waals surface area contributed by atoms with Crippen LogP contribution >= 0.6 is 0 Å². The van der Waals surface area contributed by atoms with Gasteiger partial charge in [0.25, 0.3) is 0 Å². The van der Waals surface area contributed by atoms with E-state index in [1.807, 2.05) is 36.4 Å². The van der Waals surface area contributed by atoms with E-state index in [1.165, 1.54) is 0 Å². The number of ether oxygens (including phenoxy) is 1. The summed E-state index contributed by atoms with van der Waals surface area (Å²) < 4.78 is 16.8. The van der Waals surface area contributed by atoms with Crippen molar-refractivity contribution in [2.24, 2.45) is 0 Å². The van der Waals surface area contributed by atoms with Crippen molar-refractivity contribution in [1.82, 2.24) is 0 Å². The Morgan fingerprint density at radius 2 is 1.73 bits per heavy atom. The predicted molar refractivity (Wildman–Crippen MR) is 62.8 cm³/mol. The molecule has 0 N–H and O–H groups in total. The third-order valence-electron chi connectivity index (χ3n) is 2.37. The molecular formula is C12H12O2S. The number of methoxy groups -OCH3 is 1. The Labute approximate surface area is 91.3 Å². The minimum absolute atomic E-state index is 0.819. The van der Waals surface area contributed by atoms with E-state index in [9.17, 15) is 4.21 Å². The number of benzene rings is 2. The number of hydrogen-bond donors (Lipinski definition) is 0. The van der Waals surface area contributed by atoms with E-state index in [0.717, 1.165) is 21.4 Å². The Bertz CT molecular complexity index is 520. The first-order valence-electron chi connectivity index (χ1n) is 4.63. The molecule has 0 amide bonds. The van der Waals surface area contributed by atoms with E-state index < -0.39 is 10.8 Å². The zero-order chi connectivity index (χ0) is 10.8. The molecule has 0 aliphatic rings. The maximum absolute atomic E-state index is 11.5. The molecule has 2 aromatic carbocycles. The summed E-state index contributed by atoms with van der Waals surface area (Å²) in [4.78, 5) is 0.853. The second-order valence-electron chi connectivity index (χ2n) is 3.27. The maximum Gasteiger partial charge on any atom is 0.126 e. The van der Waals surface area contributed by atoms with Gasteiger partial charge in [0.15, 0.2) is 0 Å². The molecule has 0 bridgehead atoms. The summed E-state index contributed by atoms with van der Waals surface area (Å²) in [7, 11) is 0.674. The molecule has 0 saturated carbocycles. The van der Waals surface area contributed by atoms with Crippen LogP contribution in [0.5, 0.6) is 5.75 Å². The molecular weight excluding hydrogens is 208 g/mol. The Balaban J connectivity index is 2.83. The molecule has 0 aromatic heterocycles. The number of fused-ring (bicyclic) bond motifs is 1. The predicted octanol–water partition coefficient (Wildman–Crippen LogP) is 2.59. The minimum Gasteiger partial charge on any atom is -0.496 e. The molecule has 2 aromatic rings. The molecule has 0 aliphatic heterocycles. The van der Waals surface area contributed by atoms with Crippen LogP contribution in [0, 0.1) is 0 Å². The first-order chi connectivity index (χ1) is 7.24. The lowest BCUT2D eigenvalue weighted by Gasteiger charge is -2.08. The molecule has 78 valence electrons. The SMILES string of the molecule is COc1ccc([S@@](C)=O)c2ccccc12. The van der Waals surface area contributed by atoms with Crippen LogP contribution < -0.4 is 4.74 Å². The van der Waals surface area contributed by atoms with Gasteiger partial charge in [-0.15, -0.1) is 0 Å². The molecule has 3 heteroatoms. The van der Waals surface area contributed by atoms with Gasteiger partial charge in [-0.25, -0.2) is 0 Å². The highest BCUT2D eigenvalue weighted by molar-refractivity contribution is 7.84. The van der Waals surface area contributed by atoms with Crippen LogP contribution in [0.1, 0.15) is 0 Å². The van der Waals surface area contributed by atoms with Crippen molar-refractivity contribution in [3.63, 3.8) is 0 Å². The van der Waals surface area contributed by atoms with Gasteiger partial charge in [-0.3, -0.25) is 4.21 Å². The fourth-order valence-corrected chi connectivity index (χ4v) is 2.42. The van der Waals surface area contributed by atoms with Crippen LogP contribution in [0.3, 0.4) is 0 Å². The lowest BCUT2D eigenvalue weighted by molar-refractivity contribution is 0.419. The lowest BCUT2D eigenvalue weighted by Crippen LogP contribution is -1.91. The number of hydrogen-bond acceptors (Lipinski definition) is 2. The zero-order valence-corrected chi connectivity index (χ0v) is 9.51. The molecule has 15 heavy (non-hydrogen) atoms. The third-order valence-corrected chi connectivity index (χ3v) is 3.35. The van der Waals surface area contributed by atoms with Crippen molar-refractivity contribution < 1.29 is 8.95 Å². The molecule has 0 aliphatic carbocycles. The molecule has 0 heterocycles. The molecule has 0 saturated heterocycles. The van der Waals surface area contributed by atoms with Crippen LogP contribution in [0.4, 0.5) is 0 Å². The maximum atomic E-state index is 11.5. The average Bonchev–Trinajstić information content (AvgIpc) is 2.27. The molecule has 2 rings (SSSR count). The van der Waals surface area contributed by atoms with Gasteiger partial charge in [-0.1, -0.05) is 24.3 Å². The Morgan fingerprint density at radius 1 is 1.07 bits per heavy atom. The summed E-state index contributed by atoms with van der Waals surface area (Å²) in [5.74, 6) is 0.819. The van der Waals surface area contributed by atoms with Crippen molar-refractivity contribution in [2.75, 3.05) is 13.4 Å². The van der Waals surface area contributed by atoms with E-state index in [2.05, 4.69) is 0 Å². The van der Waals surface area contributed by atoms with Crippen molar-refractivity contribution in [2.45, 2.75) is 4.90 Å². The molecule has 0 unspecified atom stereocenters. The third kappa shape index (κ3) is 1.75. The van der Waals surface area contributed by atoms with Crippen molar-refractivity contribution in [3.05, 3.63) is 36.4 Å². The second-order valence-corrected chi connectivity index (χ2v) is 4.61. The second kappa shape index (κ2) is 4.03. The normalized spacial score (nSPS) is 12.7. The Morgan fingerprint density at radius 3 is 2.33 bits per heavy atom. The van der Waals surface area contributed by atoms with Gasteiger partial charge < -0.3 is 4.74 Å². The highest BCUT2D eigenvalue weighted by atomic mass is 32.2. The molecule has 0 fully saturated rings. The van der Waals surface area contributed by atoms with Gasteiger partial charge in [-0.2, -0.15) is 0 Å². The van der Waals surface area contributed by atoms with Crippen LogP contribution in [0.2, 0.25) is 0 Å². The summed E-state index contributed by atoms with van der Waals surface area (Å²) in [6.07, 6.45) is 1.69. The average molecular weight is 220 g/mol. The van der Waals surface area contributed by atoms with Gasteiger partial charge in [0.2, 0.25) is 0 Å². The zero-order valence-electron chi connectivity index (χ0n) is 8.69. The first-order valence-corrected chi connectivity index (χ1v) is 6.19. The molecule has 0 spiro atoms. The quantitative estimate of drug-likeness (QED) is 0.777. The van der Waals surface area contributed by atoms with Gasteiger partial charge in [0.05, 0.1) is 17.9 Å². The highest BCUT2D eigenvalue weighted by Crippen LogP contribution is 2.29. The summed E-state index contributed by atoms with van der Waals surface area (Å²) in [5, 5.41) is 2.00. The van der Waals surface area contributed by atoms with E-state index in [1.54, 1.807) is 13.4 Å². The van der Waals surface area contributed by atoms with E-state index >= 15 is 0 Å². The lowest BCUT2D eigenvalue weighted by atomic mass is 10.1. The van der Waals surface area contributed by atoms with E-state index in [4.69, 9.17) is 4.74 Å². The first kappa shape index (κ1) is 10.2. The van der Waals surface area contributed by atoms with Crippen LogP contribution in [-0.2, 0) is 10.8 Å². The Hall–Kier alpha value is -1.35. The van der Waals surface area contributed by atoms with Crippen LogP contribution in [0.15, 0.2) is 41.3 Å². The van der Waals surface area contributed by atoms with Gasteiger partial charge in [0, 0.05) is 21.9 Å². The smallest absolute Gasteiger partial charge is 0.126 e. The van der Waals surface area contributed by atoms with E-state index in [0.29, 0.717) is 0 Å². The standard InChI is InChI=1S/C12H12O2S/c1-14-11-7-8-12(15(2)13)10-6-4-3-5-9(10)11/h3-8H,1-2H3/t15-/m1/s1. The Kier molecular flexibility index (Phi) is 2.73. The number of rotatable bonds is 2. The summed E-state index contributed by atoms with van der Waals surface area (Å²) in [5.41, 5.74) is 0. The molecule has 1 atom stereocenters. The van der Waals surface area contributed by atoms with Gasteiger partial charge >= 0.3 is 0 Å². The van der Waals surface area contributed by atoms with Crippen LogP contribution in [-0.4, -0.2) is 17.6 Å². The molecule has 0 radical (unpaired) electrons. The highest BCUT2D eigenvalue weighted by Gasteiger charge is 2.07. The topological polar surface area (TPSA) is 26.3 Å². The fourth-order valence-electron chi connectivity index (χ4n) is 1.67. The minimum atomic E-state index is -0.969. The summed E-state index contributed by atoms with van der Waals surface area (Å²) >= 11 is 0. The van der Waals surface area contributed by atoms with Crippen molar-refractivity contribution in [1.29, 1.82) is 0 Å². The fraction of sp³-hybridized carbons (Fsp3) is 0.167. The summed E-state index contributed by atoms with van der Waals surface area (Å²) in [6, 6.07) is 11.6. The van der Waals surface area contributed by atoms with Crippen molar-refractivity contribution >= 4 is 21.6 Å². The van der Waals surface area contributed by atoms with Gasteiger partial charge in [0.1, 0.15) is 5.75 Å². The summed E-state index contributed by atoms with van der Waals surface area (Å²) in [6.45, 7) is 0. The van der Waals surface area contributed by atoms with Crippen molar-refractivity contribution in [3.8, 4) is 5.75 Å². The molecule has 2 nitrogen and oxygen atoms in total. The van der Waals surface area contributed by atoms with Crippen LogP contribution in [0.25, 0.3) is 10.8 Å². The largest absolute Gasteiger partial charge is 0.496 e. The monoisotopic (exact) mass is 220 g/mol. The van der Waals surface area contributed by atoms with Gasteiger partial charge in [-0.05, 0) is 12.1 Å². The van der Waals surface area contributed by atoms with E-state index in [-0.39, 0.29) is 0 Å².